The summed E-state index contributed by atoms with van der Waals surface area (Å²) in [4.78, 5) is 4.27. The second kappa shape index (κ2) is 5.87. The molecule has 0 unspecified atom stereocenters. The molecule has 5 heteroatoms. The molecule has 1 heterocycles. The van der Waals surface area contributed by atoms with Gasteiger partial charge in [0.1, 0.15) is 0 Å². The normalized spacial score (nSPS) is 10.8. The van der Waals surface area contributed by atoms with Gasteiger partial charge in [-0.25, -0.2) is 4.68 Å². The molecule has 18 heavy (non-hydrogen) atoms. The number of halogens is 1. The van der Waals surface area contributed by atoms with E-state index in [9.17, 15) is 0 Å². The summed E-state index contributed by atoms with van der Waals surface area (Å²) in [6.45, 7) is 2.77. The van der Waals surface area contributed by atoms with Crippen molar-refractivity contribution >= 4 is 17.5 Å². The molecule has 4 nitrogen and oxygen atoms in total. The van der Waals surface area contributed by atoms with E-state index in [0.29, 0.717) is 12.5 Å². The molecular formula is C13H17ClN4. The molecule has 2 rings (SSSR count). The Morgan fingerprint density at radius 2 is 2.00 bits per heavy atom. The minimum atomic E-state index is 0.469. The number of aryl methyl sites for hydroxylation is 1. The van der Waals surface area contributed by atoms with Crippen molar-refractivity contribution in [2.75, 3.05) is 5.73 Å². The minimum Gasteiger partial charge on any atom is -0.368 e. The lowest BCUT2D eigenvalue weighted by Gasteiger charge is -2.02. The molecule has 2 N–H and O–H groups in total. The second-order valence-electron chi connectivity index (χ2n) is 4.27. The molecule has 0 atom stereocenters. The molecule has 0 radical (unpaired) electrons. The highest BCUT2D eigenvalue weighted by Crippen LogP contribution is 2.12. The summed E-state index contributed by atoms with van der Waals surface area (Å²) >= 11 is 5.85. The van der Waals surface area contributed by atoms with Crippen LogP contribution in [-0.2, 0) is 13.0 Å². The number of hydrogen-bond acceptors (Lipinski definition) is 3. The molecule has 2 aromatic rings. The van der Waals surface area contributed by atoms with Crippen LogP contribution >= 0.6 is 11.6 Å². The van der Waals surface area contributed by atoms with Crippen LogP contribution in [0.3, 0.4) is 0 Å². The first kappa shape index (κ1) is 12.9. The van der Waals surface area contributed by atoms with Crippen LogP contribution in [0.4, 0.5) is 5.95 Å². The molecule has 0 aliphatic heterocycles. The number of aromatic nitrogens is 3. The van der Waals surface area contributed by atoms with Gasteiger partial charge in [0.2, 0.25) is 5.95 Å². The molecule has 0 bridgehead atoms. The van der Waals surface area contributed by atoms with E-state index in [1.165, 1.54) is 0 Å². The number of nitrogens with two attached hydrogens (primary N) is 1. The van der Waals surface area contributed by atoms with Gasteiger partial charge in [0.15, 0.2) is 5.82 Å². The lowest BCUT2D eigenvalue weighted by Crippen LogP contribution is -2.06. The third kappa shape index (κ3) is 3.23. The third-order valence-electron chi connectivity index (χ3n) is 2.74. The standard InChI is InChI=1S/C13H17ClN4/c1-2-3-4-12-16-13(15)18(17-12)9-10-5-7-11(14)8-6-10/h5-8H,2-4,9H2,1H3,(H2,15,16,17). The highest BCUT2D eigenvalue weighted by molar-refractivity contribution is 6.30. The topological polar surface area (TPSA) is 56.7 Å². The van der Waals surface area contributed by atoms with E-state index in [1.54, 1.807) is 4.68 Å². The summed E-state index contributed by atoms with van der Waals surface area (Å²) in [6.07, 6.45) is 3.10. The van der Waals surface area contributed by atoms with Gasteiger partial charge in [-0.05, 0) is 24.1 Å². The van der Waals surface area contributed by atoms with Crippen molar-refractivity contribution < 1.29 is 0 Å². The fraction of sp³-hybridized carbons (Fsp3) is 0.385. The van der Waals surface area contributed by atoms with Crippen molar-refractivity contribution in [2.24, 2.45) is 0 Å². The Morgan fingerprint density at radius 1 is 1.28 bits per heavy atom. The van der Waals surface area contributed by atoms with Crippen LogP contribution in [0.1, 0.15) is 31.2 Å². The zero-order valence-electron chi connectivity index (χ0n) is 10.4. The Labute approximate surface area is 112 Å². The van der Waals surface area contributed by atoms with E-state index in [1.807, 2.05) is 24.3 Å². The fourth-order valence-corrected chi connectivity index (χ4v) is 1.85. The summed E-state index contributed by atoms with van der Waals surface area (Å²) in [7, 11) is 0. The molecule has 0 aliphatic carbocycles. The lowest BCUT2D eigenvalue weighted by atomic mass is 10.2. The van der Waals surface area contributed by atoms with Gasteiger partial charge in [-0.15, -0.1) is 0 Å². The van der Waals surface area contributed by atoms with E-state index < -0.39 is 0 Å². The van der Waals surface area contributed by atoms with Crippen LogP contribution in [0.25, 0.3) is 0 Å². The largest absolute Gasteiger partial charge is 0.368 e. The van der Waals surface area contributed by atoms with Gasteiger partial charge < -0.3 is 5.73 Å². The fourth-order valence-electron chi connectivity index (χ4n) is 1.72. The first-order chi connectivity index (χ1) is 8.69. The van der Waals surface area contributed by atoms with Gasteiger partial charge >= 0.3 is 0 Å². The maximum atomic E-state index is 5.85. The Balaban J connectivity index is 2.08. The third-order valence-corrected chi connectivity index (χ3v) is 3.00. The van der Waals surface area contributed by atoms with Crippen LogP contribution in [0.5, 0.6) is 0 Å². The van der Waals surface area contributed by atoms with Crippen molar-refractivity contribution in [3.63, 3.8) is 0 Å². The summed E-state index contributed by atoms with van der Waals surface area (Å²) < 4.78 is 1.73. The Morgan fingerprint density at radius 3 is 2.67 bits per heavy atom. The zero-order chi connectivity index (χ0) is 13.0. The van der Waals surface area contributed by atoms with E-state index in [2.05, 4.69) is 17.0 Å². The molecule has 0 amide bonds. The van der Waals surface area contributed by atoms with Crippen molar-refractivity contribution in [3.05, 3.63) is 40.7 Å². The molecule has 0 saturated carbocycles. The van der Waals surface area contributed by atoms with Gasteiger partial charge in [0.25, 0.3) is 0 Å². The quantitative estimate of drug-likeness (QED) is 0.903. The molecule has 1 aromatic carbocycles. The second-order valence-corrected chi connectivity index (χ2v) is 4.71. The number of anilines is 1. The van der Waals surface area contributed by atoms with E-state index in [4.69, 9.17) is 17.3 Å². The number of benzene rings is 1. The monoisotopic (exact) mass is 264 g/mol. The van der Waals surface area contributed by atoms with E-state index >= 15 is 0 Å². The maximum Gasteiger partial charge on any atom is 0.219 e. The van der Waals surface area contributed by atoms with E-state index in [-0.39, 0.29) is 0 Å². The number of nitrogen functional groups attached to an aromatic ring is 1. The smallest absolute Gasteiger partial charge is 0.219 e. The van der Waals surface area contributed by atoms with Crippen LogP contribution in [0.15, 0.2) is 24.3 Å². The maximum absolute atomic E-state index is 5.85. The average Bonchev–Trinajstić information content (AvgIpc) is 2.70. The molecule has 0 spiro atoms. The number of nitrogens with zero attached hydrogens (tertiary/aromatic N) is 3. The Bertz CT molecular complexity index is 504. The Hall–Kier alpha value is -1.55. The molecule has 1 aromatic heterocycles. The van der Waals surface area contributed by atoms with E-state index in [0.717, 1.165) is 35.7 Å². The van der Waals surface area contributed by atoms with Crippen molar-refractivity contribution in [3.8, 4) is 0 Å². The first-order valence-electron chi connectivity index (χ1n) is 6.12. The zero-order valence-corrected chi connectivity index (χ0v) is 11.2. The molecular weight excluding hydrogens is 248 g/mol. The molecule has 0 saturated heterocycles. The van der Waals surface area contributed by atoms with Crippen LogP contribution in [-0.4, -0.2) is 14.8 Å². The Kier molecular flexibility index (Phi) is 4.20. The van der Waals surface area contributed by atoms with Crippen molar-refractivity contribution in [1.82, 2.24) is 14.8 Å². The van der Waals surface area contributed by atoms with Crippen LogP contribution < -0.4 is 5.73 Å². The average molecular weight is 265 g/mol. The minimum absolute atomic E-state index is 0.469. The van der Waals surface area contributed by atoms with Gasteiger partial charge in [-0.2, -0.15) is 10.1 Å². The summed E-state index contributed by atoms with van der Waals surface area (Å²) in [5.74, 6) is 1.29. The number of hydrogen-bond donors (Lipinski definition) is 1. The first-order valence-corrected chi connectivity index (χ1v) is 6.50. The van der Waals surface area contributed by atoms with Gasteiger partial charge in [-0.1, -0.05) is 37.1 Å². The number of rotatable bonds is 5. The molecule has 0 fully saturated rings. The van der Waals surface area contributed by atoms with Crippen LogP contribution in [0.2, 0.25) is 5.02 Å². The van der Waals surface area contributed by atoms with Crippen molar-refractivity contribution in [2.45, 2.75) is 32.7 Å². The summed E-state index contributed by atoms with van der Waals surface area (Å²) in [6, 6.07) is 7.66. The summed E-state index contributed by atoms with van der Waals surface area (Å²) in [5, 5.41) is 5.14. The predicted molar refractivity (Wildman–Crippen MR) is 73.6 cm³/mol. The van der Waals surface area contributed by atoms with Crippen LogP contribution in [0, 0.1) is 0 Å². The number of unbranched alkanes of at least 4 members (excludes halogenated alkanes) is 1. The SMILES string of the molecule is CCCCc1nc(N)n(Cc2ccc(Cl)cc2)n1. The van der Waals surface area contributed by atoms with Gasteiger partial charge in [0, 0.05) is 11.4 Å². The molecule has 0 aliphatic rings. The highest BCUT2D eigenvalue weighted by Gasteiger charge is 2.06. The summed E-state index contributed by atoms with van der Waals surface area (Å²) in [5.41, 5.74) is 6.96. The van der Waals surface area contributed by atoms with Crippen molar-refractivity contribution in [1.29, 1.82) is 0 Å². The van der Waals surface area contributed by atoms with Gasteiger partial charge in [-0.3, -0.25) is 0 Å². The molecule has 96 valence electrons. The predicted octanol–water partition coefficient (Wildman–Crippen LogP) is 2.90. The highest BCUT2D eigenvalue weighted by atomic mass is 35.5. The lowest BCUT2D eigenvalue weighted by molar-refractivity contribution is 0.667. The van der Waals surface area contributed by atoms with Gasteiger partial charge in [0.05, 0.1) is 6.54 Å².